The highest BCUT2D eigenvalue weighted by atomic mass is 16.5. The molecule has 1 fully saturated rings. The first-order valence-corrected chi connectivity index (χ1v) is 8.95. The first kappa shape index (κ1) is 17.0. The molecule has 1 aliphatic rings. The van der Waals surface area contributed by atoms with Crippen LogP contribution in [0.25, 0.3) is 0 Å². The van der Waals surface area contributed by atoms with E-state index in [0.29, 0.717) is 6.04 Å². The number of para-hydroxylation sites is 1. The maximum atomic E-state index is 5.50. The molecule has 1 saturated heterocycles. The number of nitrogens with zero attached hydrogens (tertiary/aromatic N) is 2. The monoisotopic (exact) mass is 324 g/mol. The van der Waals surface area contributed by atoms with E-state index in [0.717, 1.165) is 39.3 Å². The van der Waals surface area contributed by atoms with Crippen molar-refractivity contribution in [3.63, 3.8) is 0 Å². The molecule has 2 aromatic carbocycles. The van der Waals surface area contributed by atoms with Crippen LogP contribution in [-0.2, 0) is 11.3 Å². The van der Waals surface area contributed by atoms with Crippen molar-refractivity contribution in [3.05, 3.63) is 65.7 Å². The normalized spacial score (nSPS) is 16.4. The van der Waals surface area contributed by atoms with Gasteiger partial charge in [0.1, 0.15) is 0 Å². The molecule has 0 aliphatic carbocycles. The molecule has 1 unspecified atom stereocenters. The highest BCUT2D eigenvalue weighted by Crippen LogP contribution is 2.28. The van der Waals surface area contributed by atoms with E-state index in [1.807, 2.05) is 0 Å². The van der Waals surface area contributed by atoms with Gasteiger partial charge >= 0.3 is 0 Å². The third kappa shape index (κ3) is 3.97. The van der Waals surface area contributed by atoms with Gasteiger partial charge in [0, 0.05) is 31.4 Å². The van der Waals surface area contributed by atoms with E-state index >= 15 is 0 Å². The van der Waals surface area contributed by atoms with Crippen molar-refractivity contribution in [2.75, 3.05) is 38.3 Å². The van der Waals surface area contributed by atoms with E-state index in [4.69, 9.17) is 4.74 Å². The zero-order valence-corrected chi connectivity index (χ0v) is 14.8. The van der Waals surface area contributed by atoms with Crippen molar-refractivity contribution >= 4 is 5.69 Å². The fourth-order valence-electron chi connectivity index (χ4n) is 3.61. The van der Waals surface area contributed by atoms with Crippen molar-refractivity contribution in [2.45, 2.75) is 25.9 Å². The number of rotatable bonds is 6. The molecule has 0 saturated carbocycles. The van der Waals surface area contributed by atoms with Gasteiger partial charge in [-0.25, -0.2) is 0 Å². The second-order valence-corrected chi connectivity index (χ2v) is 6.48. The minimum absolute atomic E-state index is 0.448. The van der Waals surface area contributed by atoms with Crippen LogP contribution in [0.1, 0.15) is 30.5 Å². The number of anilines is 1. The number of morpholine rings is 1. The van der Waals surface area contributed by atoms with E-state index in [1.54, 1.807) is 0 Å². The maximum Gasteiger partial charge on any atom is 0.0642 e. The van der Waals surface area contributed by atoms with Crippen molar-refractivity contribution in [2.24, 2.45) is 0 Å². The Hall–Kier alpha value is -1.84. The van der Waals surface area contributed by atoms with E-state index in [9.17, 15) is 0 Å². The summed E-state index contributed by atoms with van der Waals surface area (Å²) in [4.78, 5) is 4.92. The summed E-state index contributed by atoms with van der Waals surface area (Å²) in [6.45, 7) is 6.84. The Bertz CT molecular complexity index is 623. The Morgan fingerprint density at radius 1 is 1.00 bits per heavy atom. The van der Waals surface area contributed by atoms with Gasteiger partial charge in [0.2, 0.25) is 0 Å². The van der Waals surface area contributed by atoms with Crippen molar-refractivity contribution < 1.29 is 4.74 Å². The molecule has 0 bridgehead atoms. The molecule has 0 radical (unpaired) electrons. The summed E-state index contributed by atoms with van der Waals surface area (Å²) in [5.74, 6) is 0. The largest absolute Gasteiger partial charge is 0.378 e. The zero-order valence-electron chi connectivity index (χ0n) is 14.8. The molecular formula is C21H28N2O. The van der Waals surface area contributed by atoms with E-state index in [2.05, 4.69) is 78.4 Å². The highest BCUT2D eigenvalue weighted by molar-refractivity contribution is 5.54. The number of benzene rings is 2. The number of hydrogen-bond donors (Lipinski definition) is 0. The summed E-state index contributed by atoms with van der Waals surface area (Å²) in [5.41, 5.74) is 4.15. The predicted octanol–water partition coefficient (Wildman–Crippen LogP) is 4.11. The van der Waals surface area contributed by atoms with Crippen molar-refractivity contribution in [1.29, 1.82) is 0 Å². The van der Waals surface area contributed by atoms with Gasteiger partial charge in [0.05, 0.1) is 13.2 Å². The summed E-state index contributed by atoms with van der Waals surface area (Å²) < 4.78 is 5.50. The van der Waals surface area contributed by atoms with Crippen LogP contribution in [0, 0.1) is 0 Å². The molecule has 1 atom stereocenters. The second-order valence-electron chi connectivity index (χ2n) is 6.48. The minimum Gasteiger partial charge on any atom is -0.378 e. The lowest BCUT2D eigenvalue weighted by atomic mass is 10.0. The molecular weight excluding hydrogens is 296 g/mol. The quantitative estimate of drug-likeness (QED) is 0.795. The van der Waals surface area contributed by atoms with Gasteiger partial charge in [0.15, 0.2) is 0 Å². The number of ether oxygens (including phenoxy) is 1. The van der Waals surface area contributed by atoms with Crippen molar-refractivity contribution in [3.8, 4) is 0 Å². The molecule has 0 aromatic heterocycles. The average Bonchev–Trinajstić information content (AvgIpc) is 2.64. The first-order valence-electron chi connectivity index (χ1n) is 8.95. The third-order valence-electron chi connectivity index (χ3n) is 4.87. The fourth-order valence-corrected chi connectivity index (χ4v) is 3.61. The molecule has 0 amide bonds. The Kier molecular flexibility index (Phi) is 5.89. The third-order valence-corrected chi connectivity index (χ3v) is 4.87. The summed E-state index contributed by atoms with van der Waals surface area (Å²) in [6.07, 6.45) is 1.11. The predicted molar refractivity (Wildman–Crippen MR) is 100 cm³/mol. The molecule has 24 heavy (non-hydrogen) atoms. The Morgan fingerprint density at radius 2 is 1.67 bits per heavy atom. The summed E-state index contributed by atoms with van der Waals surface area (Å²) in [6, 6.07) is 20.1. The SMILES string of the molecule is CCC(c1ccccc1)N(C)Cc1ccccc1N1CCOCC1. The van der Waals surface area contributed by atoms with Gasteiger partial charge in [-0.05, 0) is 30.7 Å². The molecule has 1 aliphatic heterocycles. The van der Waals surface area contributed by atoms with Crippen molar-refractivity contribution in [1.82, 2.24) is 4.90 Å². The molecule has 3 rings (SSSR count). The average molecular weight is 324 g/mol. The van der Waals surface area contributed by atoms with Crippen LogP contribution in [0.4, 0.5) is 5.69 Å². The van der Waals surface area contributed by atoms with Crippen LogP contribution in [0.15, 0.2) is 54.6 Å². The second kappa shape index (κ2) is 8.32. The lowest BCUT2D eigenvalue weighted by Crippen LogP contribution is -2.37. The van der Waals surface area contributed by atoms with E-state index < -0.39 is 0 Å². The molecule has 2 aromatic rings. The van der Waals surface area contributed by atoms with Gasteiger partial charge in [-0.1, -0.05) is 55.5 Å². The molecule has 0 spiro atoms. The van der Waals surface area contributed by atoms with Crippen LogP contribution in [0.5, 0.6) is 0 Å². The topological polar surface area (TPSA) is 15.7 Å². The minimum atomic E-state index is 0.448. The van der Waals surface area contributed by atoms with Gasteiger partial charge in [0.25, 0.3) is 0 Å². The smallest absolute Gasteiger partial charge is 0.0642 e. The summed E-state index contributed by atoms with van der Waals surface area (Å²) in [7, 11) is 2.23. The van der Waals surface area contributed by atoms with Gasteiger partial charge in [-0.2, -0.15) is 0 Å². The standard InChI is InChI=1S/C21H28N2O/c1-3-20(18-9-5-4-6-10-18)22(2)17-19-11-7-8-12-21(19)23-13-15-24-16-14-23/h4-12,20H,3,13-17H2,1-2H3. The van der Waals surface area contributed by atoms with Crippen LogP contribution >= 0.6 is 0 Å². The van der Waals surface area contributed by atoms with Crippen LogP contribution in [0.3, 0.4) is 0 Å². The Balaban J connectivity index is 1.77. The lowest BCUT2D eigenvalue weighted by molar-refractivity contribution is 0.122. The first-order chi connectivity index (χ1) is 11.8. The van der Waals surface area contributed by atoms with Crippen LogP contribution in [0.2, 0.25) is 0 Å². The maximum absolute atomic E-state index is 5.50. The summed E-state index contributed by atoms with van der Waals surface area (Å²) in [5, 5.41) is 0. The van der Waals surface area contributed by atoms with E-state index in [-0.39, 0.29) is 0 Å². The van der Waals surface area contributed by atoms with Crippen LogP contribution < -0.4 is 4.90 Å². The van der Waals surface area contributed by atoms with Gasteiger partial charge in [-0.15, -0.1) is 0 Å². The Morgan fingerprint density at radius 3 is 2.38 bits per heavy atom. The van der Waals surface area contributed by atoms with Gasteiger partial charge in [-0.3, -0.25) is 4.90 Å². The fraction of sp³-hybridized carbons (Fsp3) is 0.429. The molecule has 1 heterocycles. The number of hydrogen-bond acceptors (Lipinski definition) is 3. The highest BCUT2D eigenvalue weighted by Gasteiger charge is 2.19. The summed E-state index contributed by atoms with van der Waals surface area (Å²) >= 11 is 0. The molecule has 3 nitrogen and oxygen atoms in total. The zero-order chi connectivity index (χ0) is 16.8. The molecule has 3 heteroatoms. The molecule has 0 N–H and O–H groups in total. The van der Waals surface area contributed by atoms with E-state index in [1.165, 1.54) is 16.8 Å². The Labute approximate surface area is 145 Å². The molecule has 128 valence electrons. The van der Waals surface area contributed by atoms with Crippen LogP contribution in [-0.4, -0.2) is 38.3 Å². The lowest BCUT2D eigenvalue weighted by Gasteiger charge is -2.33. The van der Waals surface area contributed by atoms with Gasteiger partial charge < -0.3 is 9.64 Å².